The van der Waals surface area contributed by atoms with Gasteiger partial charge in [-0.2, -0.15) is 9.61 Å². The van der Waals surface area contributed by atoms with E-state index in [1.807, 2.05) is 66.0 Å². The molecule has 1 saturated heterocycles. The van der Waals surface area contributed by atoms with E-state index < -0.39 is 0 Å². The Morgan fingerprint density at radius 3 is 2.22 bits per heavy atom. The van der Waals surface area contributed by atoms with E-state index in [0.717, 1.165) is 50.7 Å². The average Bonchev–Trinajstić information content (AvgIpc) is 3.36. The van der Waals surface area contributed by atoms with Gasteiger partial charge in [-0.15, -0.1) is 0 Å². The summed E-state index contributed by atoms with van der Waals surface area (Å²) in [6, 6.07) is 30.4. The third kappa shape index (κ3) is 5.64. The summed E-state index contributed by atoms with van der Waals surface area (Å²) in [5.74, 6) is 0.949. The first-order valence-electron chi connectivity index (χ1n) is 13.9. The standard InChI is InChI=1S/C33H33N5O3/c1-24-31(27-13-7-4-8-14-27)32-34-29(28-15-9-12-26(20-28)22-40-2)21-30(38(32)35-24)36-16-18-37(19-17-36)33(39)41-23-25-10-5-3-6-11-25/h3-15,20-21H,16-19,22-23H2,1-2H3. The fraction of sp³-hybridized carbons (Fsp3) is 0.242. The average molecular weight is 548 g/mol. The van der Waals surface area contributed by atoms with Crippen molar-refractivity contribution in [1.82, 2.24) is 19.5 Å². The van der Waals surface area contributed by atoms with E-state index in [4.69, 9.17) is 19.6 Å². The molecular formula is C33H33N5O3. The first-order chi connectivity index (χ1) is 20.1. The number of hydrogen-bond donors (Lipinski definition) is 0. The lowest BCUT2D eigenvalue weighted by molar-refractivity contribution is 0.0941. The van der Waals surface area contributed by atoms with Crippen molar-refractivity contribution in [2.75, 3.05) is 38.2 Å². The van der Waals surface area contributed by atoms with E-state index in [-0.39, 0.29) is 12.7 Å². The van der Waals surface area contributed by atoms with Crippen LogP contribution in [0, 0.1) is 6.92 Å². The van der Waals surface area contributed by atoms with Gasteiger partial charge in [-0.1, -0.05) is 78.9 Å². The molecule has 6 rings (SSSR count). The summed E-state index contributed by atoms with van der Waals surface area (Å²) in [4.78, 5) is 22.0. The molecule has 0 spiro atoms. The highest BCUT2D eigenvalue weighted by Gasteiger charge is 2.26. The maximum atomic E-state index is 12.8. The van der Waals surface area contributed by atoms with Crippen molar-refractivity contribution < 1.29 is 14.3 Å². The number of ether oxygens (including phenoxy) is 2. The molecule has 0 aliphatic carbocycles. The maximum absolute atomic E-state index is 12.8. The summed E-state index contributed by atoms with van der Waals surface area (Å²) in [5, 5.41) is 4.95. The van der Waals surface area contributed by atoms with Crippen LogP contribution in [0.25, 0.3) is 28.0 Å². The predicted octanol–water partition coefficient (Wildman–Crippen LogP) is 5.98. The Kier molecular flexibility index (Phi) is 7.65. The number of rotatable bonds is 7. The Bertz CT molecular complexity index is 1640. The second-order valence-electron chi connectivity index (χ2n) is 10.2. The van der Waals surface area contributed by atoms with E-state index in [1.165, 1.54) is 0 Å². The minimum absolute atomic E-state index is 0.269. The zero-order valence-corrected chi connectivity index (χ0v) is 23.4. The number of carbonyl (C=O) groups excluding carboxylic acids is 1. The lowest BCUT2D eigenvalue weighted by atomic mass is 10.1. The molecule has 0 unspecified atom stereocenters. The van der Waals surface area contributed by atoms with Crippen LogP contribution in [0.3, 0.4) is 0 Å². The number of nitrogens with zero attached hydrogens (tertiary/aromatic N) is 5. The largest absolute Gasteiger partial charge is 0.445 e. The van der Waals surface area contributed by atoms with E-state index >= 15 is 0 Å². The van der Waals surface area contributed by atoms with Gasteiger partial charge >= 0.3 is 6.09 Å². The van der Waals surface area contributed by atoms with E-state index in [1.54, 1.807) is 12.0 Å². The first-order valence-corrected chi connectivity index (χ1v) is 13.9. The van der Waals surface area contributed by atoms with Gasteiger partial charge in [-0.05, 0) is 29.7 Å². The monoisotopic (exact) mass is 547 g/mol. The Labute approximate surface area is 239 Å². The summed E-state index contributed by atoms with van der Waals surface area (Å²) in [5.41, 5.74) is 7.77. The number of piperazine rings is 1. The number of hydrogen-bond acceptors (Lipinski definition) is 6. The number of aryl methyl sites for hydroxylation is 1. The fourth-order valence-electron chi connectivity index (χ4n) is 5.34. The van der Waals surface area contributed by atoms with Gasteiger partial charge in [-0.25, -0.2) is 9.78 Å². The molecule has 1 amide bonds. The number of benzene rings is 3. The molecule has 208 valence electrons. The lowest BCUT2D eigenvalue weighted by Gasteiger charge is -2.35. The number of carbonyl (C=O) groups is 1. The van der Waals surface area contributed by atoms with Gasteiger partial charge in [0, 0.05) is 50.5 Å². The topological polar surface area (TPSA) is 72.2 Å². The molecule has 1 aliphatic heterocycles. The second-order valence-corrected chi connectivity index (χ2v) is 10.2. The third-order valence-corrected chi connectivity index (χ3v) is 7.41. The smallest absolute Gasteiger partial charge is 0.410 e. The van der Waals surface area contributed by atoms with Crippen LogP contribution >= 0.6 is 0 Å². The Morgan fingerprint density at radius 2 is 1.49 bits per heavy atom. The molecule has 0 atom stereocenters. The first kappa shape index (κ1) is 26.5. The van der Waals surface area contributed by atoms with Crippen LogP contribution in [0.2, 0.25) is 0 Å². The summed E-state index contributed by atoms with van der Waals surface area (Å²) < 4.78 is 12.9. The van der Waals surface area contributed by atoms with Crippen molar-refractivity contribution in [2.45, 2.75) is 20.1 Å². The van der Waals surface area contributed by atoms with Crippen molar-refractivity contribution >= 4 is 17.6 Å². The molecule has 0 N–H and O–H groups in total. The highest BCUT2D eigenvalue weighted by molar-refractivity contribution is 5.83. The third-order valence-electron chi connectivity index (χ3n) is 7.41. The van der Waals surface area contributed by atoms with Gasteiger partial charge in [-0.3, -0.25) is 0 Å². The zero-order valence-electron chi connectivity index (χ0n) is 23.4. The number of anilines is 1. The molecule has 1 aliphatic rings. The second kappa shape index (κ2) is 11.8. The Hall–Kier alpha value is -4.69. The number of methoxy groups -OCH3 is 1. The van der Waals surface area contributed by atoms with Gasteiger partial charge in [0.2, 0.25) is 0 Å². The zero-order chi connectivity index (χ0) is 28.2. The van der Waals surface area contributed by atoms with E-state index in [0.29, 0.717) is 32.8 Å². The normalized spacial score (nSPS) is 13.5. The molecule has 0 bridgehead atoms. The van der Waals surface area contributed by atoms with E-state index in [2.05, 4.69) is 41.3 Å². The van der Waals surface area contributed by atoms with Gasteiger partial charge in [0.25, 0.3) is 0 Å². The van der Waals surface area contributed by atoms with Gasteiger partial charge in [0.05, 0.1) is 18.0 Å². The predicted molar refractivity (Wildman–Crippen MR) is 160 cm³/mol. The number of fused-ring (bicyclic) bond motifs is 1. The molecule has 0 radical (unpaired) electrons. The minimum Gasteiger partial charge on any atom is -0.445 e. The van der Waals surface area contributed by atoms with Gasteiger partial charge in [0.1, 0.15) is 12.4 Å². The van der Waals surface area contributed by atoms with Crippen molar-refractivity contribution in [3.63, 3.8) is 0 Å². The van der Waals surface area contributed by atoms with Crippen LogP contribution in [0.4, 0.5) is 10.6 Å². The van der Waals surface area contributed by atoms with Crippen LogP contribution in [0.15, 0.2) is 91.0 Å². The van der Waals surface area contributed by atoms with Crippen molar-refractivity contribution in [1.29, 1.82) is 0 Å². The molecule has 0 saturated carbocycles. The van der Waals surface area contributed by atoms with Crippen molar-refractivity contribution in [3.05, 3.63) is 108 Å². The summed E-state index contributed by atoms with van der Waals surface area (Å²) in [7, 11) is 1.70. The highest BCUT2D eigenvalue weighted by atomic mass is 16.6. The summed E-state index contributed by atoms with van der Waals surface area (Å²) >= 11 is 0. The molecule has 8 heteroatoms. The van der Waals surface area contributed by atoms with Crippen molar-refractivity contribution in [2.24, 2.45) is 0 Å². The molecule has 8 nitrogen and oxygen atoms in total. The molecule has 2 aromatic heterocycles. The van der Waals surface area contributed by atoms with Crippen molar-refractivity contribution in [3.8, 4) is 22.4 Å². The Morgan fingerprint density at radius 1 is 0.805 bits per heavy atom. The van der Waals surface area contributed by atoms with Gasteiger partial charge < -0.3 is 19.3 Å². The number of aromatic nitrogens is 3. The minimum atomic E-state index is -0.287. The lowest BCUT2D eigenvalue weighted by Crippen LogP contribution is -2.49. The molecule has 1 fully saturated rings. The van der Waals surface area contributed by atoms with Crippen LogP contribution in [0.1, 0.15) is 16.8 Å². The maximum Gasteiger partial charge on any atom is 0.410 e. The Balaban J connectivity index is 1.32. The van der Waals surface area contributed by atoms with Gasteiger partial charge in [0.15, 0.2) is 5.65 Å². The molecule has 3 aromatic carbocycles. The van der Waals surface area contributed by atoms with Crippen LogP contribution in [-0.2, 0) is 22.7 Å². The molecular weight excluding hydrogens is 514 g/mol. The summed E-state index contributed by atoms with van der Waals surface area (Å²) in [6.45, 7) is 5.26. The summed E-state index contributed by atoms with van der Waals surface area (Å²) in [6.07, 6.45) is -0.287. The quantitative estimate of drug-likeness (QED) is 0.250. The van der Waals surface area contributed by atoms with E-state index in [9.17, 15) is 4.79 Å². The molecule has 3 heterocycles. The van der Waals surface area contributed by atoms with Crippen LogP contribution in [-0.4, -0.2) is 58.9 Å². The molecule has 5 aromatic rings. The van der Waals surface area contributed by atoms with Crippen LogP contribution < -0.4 is 4.90 Å². The SMILES string of the molecule is COCc1cccc(-c2cc(N3CCN(C(=O)OCc4ccccc4)CC3)n3nc(C)c(-c4ccccc4)c3n2)c1. The fourth-order valence-corrected chi connectivity index (χ4v) is 5.34. The molecule has 41 heavy (non-hydrogen) atoms. The van der Waals surface area contributed by atoms with Crippen LogP contribution in [0.5, 0.6) is 0 Å². The number of amides is 1. The highest BCUT2D eigenvalue weighted by Crippen LogP contribution is 2.33.